The van der Waals surface area contributed by atoms with Gasteiger partial charge in [0.25, 0.3) is 0 Å². The molecule has 0 aromatic heterocycles. The van der Waals surface area contributed by atoms with Gasteiger partial charge in [0.15, 0.2) is 12.4 Å². The summed E-state index contributed by atoms with van der Waals surface area (Å²) in [6, 6.07) is 0. The monoisotopic (exact) mass is 753 g/mol. The Hall–Kier alpha value is -2.08. The number of hydrogen-bond acceptors (Lipinski definition) is 10. The van der Waals surface area contributed by atoms with E-state index in [4.69, 9.17) is 18.9 Å². The molecule has 0 aliphatic carbocycles. The molecule has 6 atom stereocenters. The third-order valence-electron chi connectivity index (χ3n) is 9.53. The van der Waals surface area contributed by atoms with Crippen LogP contribution in [0.3, 0.4) is 0 Å². The Morgan fingerprint density at radius 3 is 1.64 bits per heavy atom. The topological polar surface area (TPSA) is 152 Å². The lowest BCUT2D eigenvalue weighted by molar-refractivity contribution is -0.305. The molecule has 1 aliphatic rings. The lowest BCUT2D eigenvalue weighted by Gasteiger charge is -2.39. The first-order chi connectivity index (χ1) is 25.8. The van der Waals surface area contributed by atoms with Crippen LogP contribution in [0.2, 0.25) is 0 Å². The van der Waals surface area contributed by atoms with Crippen LogP contribution < -0.4 is 0 Å². The van der Waals surface area contributed by atoms with Crippen LogP contribution in [0.4, 0.5) is 0 Å². The molecule has 1 aliphatic heterocycles. The second-order valence-corrected chi connectivity index (χ2v) is 14.4. The summed E-state index contributed by atoms with van der Waals surface area (Å²) in [5, 5.41) is 39.9. The maximum atomic E-state index is 12.7. The Labute approximate surface area is 321 Å². The Morgan fingerprint density at radius 2 is 1.08 bits per heavy atom. The molecule has 4 N–H and O–H groups in total. The van der Waals surface area contributed by atoms with Crippen LogP contribution in [-0.4, -0.2) is 89.0 Å². The molecule has 0 amide bonds. The Balaban J connectivity index is 2.39. The van der Waals surface area contributed by atoms with E-state index in [1.807, 2.05) is 0 Å². The number of aliphatic hydroxyl groups is 4. The lowest BCUT2D eigenvalue weighted by atomic mass is 9.99. The molecule has 1 rings (SSSR count). The normalized spacial score (nSPS) is 21.2. The van der Waals surface area contributed by atoms with Crippen molar-refractivity contribution in [3.63, 3.8) is 0 Å². The standard InChI is InChI=1S/C43H76O10/c1-3-5-7-9-11-13-15-16-17-18-19-20-22-23-25-27-29-31-38(45)50-34-36(35-51-43-42(49)41(48)40(47)37(33-44)53-43)52-39(46)32-30-28-26-24-21-14-12-10-8-6-4-2/h16-17,19-20,23,25,36-37,40-44,47-49H,3-15,18,21-22,24,26-35H2,1-2H3/b17-16+,20-19+,25-23+/t36-,37-,40+,41?,42?,43-/m0/s1. The number of rotatable bonds is 34. The molecule has 10 nitrogen and oxygen atoms in total. The van der Waals surface area contributed by atoms with E-state index in [9.17, 15) is 30.0 Å². The molecule has 308 valence electrons. The van der Waals surface area contributed by atoms with Gasteiger partial charge in [0, 0.05) is 12.8 Å². The summed E-state index contributed by atoms with van der Waals surface area (Å²) in [5.74, 6) is -0.868. The zero-order chi connectivity index (χ0) is 38.8. The minimum Gasteiger partial charge on any atom is -0.462 e. The summed E-state index contributed by atoms with van der Waals surface area (Å²) in [7, 11) is 0. The summed E-state index contributed by atoms with van der Waals surface area (Å²) in [6.45, 7) is 3.34. The smallest absolute Gasteiger partial charge is 0.306 e. The van der Waals surface area contributed by atoms with Crippen molar-refractivity contribution in [1.29, 1.82) is 0 Å². The Bertz CT molecular complexity index is 965. The predicted octanol–water partition coefficient (Wildman–Crippen LogP) is 8.33. The van der Waals surface area contributed by atoms with Gasteiger partial charge in [-0.25, -0.2) is 0 Å². The molecule has 2 unspecified atom stereocenters. The summed E-state index contributed by atoms with van der Waals surface area (Å²) >= 11 is 0. The number of aliphatic hydroxyl groups excluding tert-OH is 4. The van der Waals surface area contributed by atoms with Gasteiger partial charge in [-0.3, -0.25) is 9.59 Å². The second kappa shape index (κ2) is 34.4. The zero-order valence-corrected chi connectivity index (χ0v) is 33.3. The Morgan fingerprint density at radius 1 is 0.585 bits per heavy atom. The van der Waals surface area contributed by atoms with Gasteiger partial charge >= 0.3 is 11.9 Å². The molecular weight excluding hydrogens is 676 g/mol. The van der Waals surface area contributed by atoms with Crippen LogP contribution in [0.15, 0.2) is 36.5 Å². The molecule has 1 saturated heterocycles. The predicted molar refractivity (Wildman–Crippen MR) is 210 cm³/mol. The van der Waals surface area contributed by atoms with E-state index in [0.29, 0.717) is 12.8 Å². The van der Waals surface area contributed by atoms with Gasteiger partial charge < -0.3 is 39.4 Å². The van der Waals surface area contributed by atoms with Crippen molar-refractivity contribution in [1.82, 2.24) is 0 Å². The van der Waals surface area contributed by atoms with Crippen molar-refractivity contribution in [3.05, 3.63) is 36.5 Å². The maximum absolute atomic E-state index is 12.7. The van der Waals surface area contributed by atoms with Gasteiger partial charge in [-0.2, -0.15) is 0 Å². The number of carbonyl (C=O) groups excluding carboxylic acids is 2. The highest BCUT2D eigenvalue weighted by molar-refractivity contribution is 5.70. The van der Waals surface area contributed by atoms with E-state index in [1.165, 1.54) is 83.5 Å². The molecule has 0 bridgehead atoms. The first kappa shape index (κ1) is 48.9. The van der Waals surface area contributed by atoms with Crippen molar-refractivity contribution in [3.8, 4) is 0 Å². The van der Waals surface area contributed by atoms with Crippen LogP contribution >= 0.6 is 0 Å². The highest BCUT2D eigenvalue weighted by atomic mass is 16.7. The molecule has 10 heteroatoms. The fourth-order valence-corrected chi connectivity index (χ4v) is 6.14. The van der Waals surface area contributed by atoms with Crippen LogP contribution in [-0.2, 0) is 28.5 Å². The number of carbonyl (C=O) groups is 2. The molecule has 0 spiro atoms. The fourth-order valence-electron chi connectivity index (χ4n) is 6.14. The highest BCUT2D eigenvalue weighted by Crippen LogP contribution is 2.22. The summed E-state index contributed by atoms with van der Waals surface area (Å²) < 4.78 is 22.0. The van der Waals surface area contributed by atoms with E-state index >= 15 is 0 Å². The Kier molecular flexibility index (Phi) is 31.8. The first-order valence-corrected chi connectivity index (χ1v) is 21.1. The number of ether oxygens (including phenoxy) is 4. The molecule has 1 fully saturated rings. The molecular formula is C43H76O10. The molecule has 53 heavy (non-hydrogen) atoms. The average molecular weight is 753 g/mol. The average Bonchev–Trinajstić information content (AvgIpc) is 3.15. The SMILES string of the molecule is CCCCCCCC/C=C/C/C=C/C/C=C/CCCC(=O)OC[C@@H](CO[C@H]1O[C@@H](CO)[C@@H](O)C(O)C1O)OC(=O)CCCCCCCCCCCCC. The van der Waals surface area contributed by atoms with Crippen molar-refractivity contribution in [2.45, 2.75) is 205 Å². The van der Waals surface area contributed by atoms with E-state index in [1.54, 1.807) is 0 Å². The van der Waals surface area contributed by atoms with Gasteiger partial charge in [0.1, 0.15) is 31.0 Å². The largest absolute Gasteiger partial charge is 0.462 e. The van der Waals surface area contributed by atoms with E-state index < -0.39 is 55.4 Å². The van der Waals surface area contributed by atoms with E-state index in [2.05, 4.69) is 50.3 Å². The lowest BCUT2D eigenvalue weighted by Crippen LogP contribution is -2.59. The molecule has 0 radical (unpaired) electrons. The van der Waals surface area contributed by atoms with Crippen LogP contribution in [0.5, 0.6) is 0 Å². The van der Waals surface area contributed by atoms with Crippen molar-refractivity contribution >= 4 is 11.9 Å². The zero-order valence-electron chi connectivity index (χ0n) is 33.3. The first-order valence-electron chi connectivity index (χ1n) is 21.1. The number of esters is 2. The summed E-state index contributed by atoms with van der Waals surface area (Å²) in [6.07, 6.45) is 30.2. The van der Waals surface area contributed by atoms with Crippen molar-refractivity contribution < 1.29 is 49.0 Å². The van der Waals surface area contributed by atoms with Gasteiger partial charge in [0.2, 0.25) is 0 Å². The number of allylic oxidation sites excluding steroid dienone is 6. The second-order valence-electron chi connectivity index (χ2n) is 14.4. The van der Waals surface area contributed by atoms with Crippen molar-refractivity contribution in [2.75, 3.05) is 19.8 Å². The van der Waals surface area contributed by atoms with Crippen LogP contribution in [0.25, 0.3) is 0 Å². The summed E-state index contributed by atoms with van der Waals surface area (Å²) in [4.78, 5) is 25.2. The maximum Gasteiger partial charge on any atom is 0.306 e. The van der Waals surface area contributed by atoms with E-state index in [-0.39, 0.29) is 26.1 Å². The fraction of sp³-hybridized carbons (Fsp3) is 0.814. The molecule has 0 saturated carbocycles. The van der Waals surface area contributed by atoms with Crippen LogP contribution in [0, 0.1) is 0 Å². The van der Waals surface area contributed by atoms with Gasteiger partial charge in [-0.1, -0.05) is 147 Å². The highest BCUT2D eigenvalue weighted by Gasteiger charge is 2.44. The number of unbranched alkanes of at least 4 members (excludes halogenated alkanes) is 17. The third kappa shape index (κ3) is 26.4. The third-order valence-corrected chi connectivity index (χ3v) is 9.53. The van der Waals surface area contributed by atoms with E-state index in [0.717, 1.165) is 44.9 Å². The quantitative estimate of drug-likeness (QED) is 0.0287. The van der Waals surface area contributed by atoms with Gasteiger partial charge in [-0.05, 0) is 44.9 Å². The van der Waals surface area contributed by atoms with Crippen LogP contribution in [0.1, 0.15) is 168 Å². The molecule has 1 heterocycles. The minimum absolute atomic E-state index is 0.205. The van der Waals surface area contributed by atoms with Gasteiger partial charge in [-0.15, -0.1) is 0 Å². The van der Waals surface area contributed by atoms with Gasteiger partial charge in [0.05, 0.1) is 13.2 Å². The number of hydrogen-bond donors (Lipinski definition) is 4. The minimum atomic E-state index is -1.60. The molecule has 0 aromatic rings. The van der Waals surface area contributed by atoms with Crippen molar-refractivity contribution in [2.24, 2.45) is 0 Å². The molecule has 0 aromatic carbocycles. The summed E-state index contributed by atoms with van der Waals surface area (Å²) in [5.41, 5.74) is 0.